The molecule has 6 nitrogen and oxygen atoms in total. The van der Waals surface area contributed by atoms with Gasteiger partial charge in [0, 0.05) is 35.9 Å². The smallest absolute Gasteiger partial charge is 0.270 e. The largest absolute Gasteiger partial charge is 0.371 e. The fourth-order valence-electron chi connectivity index (χ4n) is 3.33. The molecule has 0 spiro atoms. The number of nitrogens with one attached hydrogen (secondary N) is 1. The molecule has 1 aliphatic heterocycles. The fraction of sp³-hybridized carbons (Fsp3) is 0.350. The van der Waals surface area contributed by atoms with E-state index in [1.807, 2.05) is 13.0 Å². The number of nitrogens with zero attached hydrogens (tertiary/aromatic N) is 2. The molecule has 1 N–H and O–H groups in total. The van der Waals surface area contributed by atoms with Crippen LogP contribution in [0.2, 0.25) is 5.02 Å². The monoisotopic (exact) mass is 387 g/mol. The zero-order valence-corrected chi connectivity index (χ0v) is 16.0. The highest BCUT2D eigenvalue weighted by atomic mass is 35.5. The van der Waals surface area contributed by atoms with Crippen LogP contribution in [-0.2, 0) is 0 Å². The van der Waals surface area contributed by atoms with Crippen molar-refractivity contribution in [3.8, 4) is 0 Å². The van der Waals surface area contributed by atoms with Crippen LogP contribution in [0.3, 0.4) is 0 Å². The topological polar surface area (TPSA) is 75.5 Å². The summed E-state index contributed by atoms with van der Waals surface area (Å²) in [6, 6.07) is 9.75. The Morgan fingerprint density at radius 3 is 2.48 bits per heavy atom. The first-order valence-electron chi connectivity index (χ1n) is 9.06. The number of hydrogen-bond acceptors (Lipinski definition) is 4. The van der Waals surface area contributed by atoms with Crippen LogP contribution < -0.4 is 10.2 Å². The third-order valence-electron chi connectivity index (χ3n) is 4.83. The van der Waals surface area contributed by atoms with Gasteiger partial charge in [-0.05, 0) is 43.5 Å². The zero-order valence-electron chi connectivity index (χ0n) is 15.2. The number of halogens is 1. The van der Waals surface area contributed by atoms with Gasteiger partial charge in [0.15, 0.2) is 0 Å². The molecule has 0 radical (unpaired) electrons. The predicted octanol–water partition coefficient (Wildman–Crippen LogP) is 5.19. The molecule has 2 aromatic rings. The van der Waals surface area contributed by atoms with Crippen LogP contribution in [-0.4, -0.2) is 23.9 Å². The lowest BCUT2D eigenvalue weighted by atomic mass is 10.1. The number of hydrogen-bond donors (Lipinski definition) is 1. The molecule has 2 aromatic carbocycles. The van der Waals surface area contributed by atoms with E-state index in [4.69, 9.17) is 11.6 Å². The van der Waals surface area contributed by atoms with Crippen molar-refractivity contribution in [2.24, 2.45) is 0 Å². The molecular weight excluding hydrogens is 366 g/mol. The number of anilines is 2. The van der Waals surface area contributed by atoms with Crippen molar-refractivity contribution in [2.45, 2.75) is 32.6 Å². The summed E-state index contributed by atoms with van der Waals surface area (Å²) in [5.74, 6) is -0.372. The second-order valence-electron chi connectivity index (χ2n) is 6.77. The number of rotatable bonds is 4. The van der Waals surface area contributed by atoms with E-state index in [9.17, 15) is 14.9 Å². The van der Waals surface area contributed by atoms with Crippen LogP contribution in [0.25, 0.3) is 0 Å². The predicted molar refractivity (Wildman–Crippen MR) is 108 cm³/mol. The van der Waals surface area contributed by atoms with E-state index in [0.29, 0.717) is 16.3 Å². The maximum atomic E-state index is 13.0. The Hall–Kier alpha value is -2.60. The number of nitro groups is 1. The van der Waals surface area contributed by atoms with E-state index >= 15 is 0 Å². The van der Waals surface area contributed by atoms with Gasteiger partial charge in [-0.15, -0.1) is 0 Å². The number of amides is 1. The van der Waals surface area contributed by atoms with Crippen molar-refractivity contribution in [1.29, 1.82) is 0 Å². The van der Waals surface area contributed by atoms with Crippen molar-refractivity contribution in [2.75, 3.05) is 23.3 Å². The van der Waals surface area contributed by atoms with Crippen LogP contribution in [0.5, 0.6) is 0 Å². The highest BCUT2D eigenvalue weighted by molar-refractivity contribution is 6.31. The van der Waals surface area contributed by atoms with Crippen LogP contribution >= 0.6 is 11.6 Å². The molecule has 1 heterocycles. The summed E-state index contributed by atoms with van der Waals surface area (Å²) in [5.41, 5.74) is 2.42. The molecule has 142 valence electrons. The van der Waals surface area contributed by atoms with Crippen LogP contribution in [0, 0.1) is 17.0 Å². The van der Waals surface area contributed by atoms with Crippen molar-refractivity contribution in [3.05, 3.63) is 62.7 Å². The number of carbonyl (C=O) groups excluding carboxylic acids is 1. The third kappa shape index (κ3) is 4.57. The van der Waals surface area contributed by atoms with E-state index < -0.39 is 4.92 Å². The summed E-state index contributed by atoms with van der Waals surface area (Å²) in [5, 5.41) is 14.6. The van der Waals surface area contributed by atoms with Gasteiger partial charge in [0.25, 0.3) is 11.6 Å². The second-order valence-corrected chi connectivity index (χ2v) is 7.21. The molecule has 1 amide bonds. The minimum absolute atomic E-state index is 0.0958. The molecule has 1 saturated heterocycles. The van der Waals surface area contributed by atoms with Gasteiger partial charge in [-0.25, -0.2) is 0 Å². The Morgan fingerprint density at radius 2 is 1.81 bits per heavy atom. The number of aryl methyl sites for hydroxylation is 1. The van der Waals surface area contributed by atoms with Gasteiger partial charge < -0.3 is 10.2 Å². The summed E-state index contributed by atoms with van der Waals surface area (Å²) in [6.07, 6.45) is 4.41. The maximum Gasteiger partial charge on any atom is 0.270 e. The Morgan fingerprint density at radius 1 is 1.11 bits per heavy atom. The summed E-state index contributed by atoms with van der Waals surface area (Å²) in [6.45, 7) is 3.55. The second kappa shape index (κ2) is 8.39. The Kier molecular flexibility index (Phi) is 5.96. The molecular formula is C20H22ClN3O3. The zero-order chi connectivity index (χ0) is 19.4. The SMILES string of the molecule is Cc1ccc(Cl)cc1NC(=O)c1cc([N+](=O)[O-])ccc1N1CCCCCC1. The lowest BCUT2D eigenvalue weighted by Gasteiger charge is -2.25. The highest BCUT2D eigenvalue weighted by Crippen LogP contribution is 2.29. The molecule has 0 bridgehead atoms. The molecule has 0 aliphatic carbocycles. The van der Waals surface area contributed by atoms with E-state index in [1.54, 1.807) is 18.2 Å². The molecule has 1 fully saturated rings. The lowest BCUT2D eigenvalue weighted by Crippen LogP contribution is -2.27. The van der Waals surface area contributed by atoms with Crippen LogP contribution in [0.15, 0.2) is 36.4 Å². The number of carbonyl (C=O) groups is 1. The number of nitro benzene ring substituents is 1. The minimum atomic E-state index is -0.479. The van der Waals surface area contributed by atoms with Crippen LogP contribution in [0.4, 0.5) is 17.1 Å². The maximum absolute atomic E-state index is 13.0. The quantitative estimate of drug-likeness (QED) is 0.578. The first kappa shape index (κ1) is 19.2. The van der Waals surface area contributed by atoms with Gasteiger partial charge in [-0.3, -0.25) is 14.9 Å². The summed E-state index contributed by atoms with van der Waals surface area (Å²) >= 11 is 6.04. The van der Waals surface area contributed by atoms with E-state index in [-0.39, 0.29) is 11.6 Å². The summed E-state index contributed by atoms with van der Waals surface area (Å²) in [7, 11) is 0. The van der Waals surface area contributed by atoms with Gasteiger partial charge in [0.05, 0.1) is 16.2 Å². The lowest BCUT2D eigenvalue weighted by molar-refractivity contribution is -0.384. The molecule has 0 saturated carbocycles. The highest BCUT2D eigenvalue weighted by Gasteiger charge is 2.22. The molecule has 0 unspecified atom stereocenters. The Bertz CT molecular complexity index is 862. The van der Waals surface area contributed by atoms with Crippen molar-refractivity contribution in [1.82, 2.24) is 0 Å². The molecule has 3 rings (SSSR count). The first-order chi connectivity index (χ1) is 13.0. The molecule has 0 atom stereocenters. The first-order valence-corrected chi connectivity index (χ1v) is 9.44. The fourth-order valence-corrected chi connectivity index (χ4v) is 3.50. The minimum Gasteiger partial charge on any atom is -0.371 e. The van der Waals surface area contributed by atoms with E-state index in [0.717, 1.165) is 50.0 Å². The Labute approximate surface area is 163 Å². The van der Waals surface area contributed by atoms with E-state index in [1.165, 1.54) is 12.1 Å². The van der Waals surface area contributed by atoms with Crippen molar-refractivity contribution < 1.29 is 9.72 Å². The normalized spacial score (nSPS) is 14.5. The average Bonchev–Trinajstić information content (AvgIpc) is 2.93. The summed E-state index contributed by atoms with van der Waals surface area (Å²) < 4.78 is 0. The standard InChI is InChI=1S/C20H22ClN3O3/c1-14-6-7-15(21)12-18(14)22-20(25)17-13-16(24(26)27)8-9-19(17)23-10-4-2-3-5-11-23/h6-9,12-13H,2-5,10-11H2,1H3,(H,22,25). The third-order valence-corrected chi connectivity index (χ3v) is 5.07. The van der Waals surface area contributed by atoms with Gasteiger partial charge in [-0.1, -0.05) is 30.5 Å². The van der Waals surface area contributed by atoms with Gasteiger partial charge >= 0.3 is 0 Å². The van der Waals surface area contributed by atoms with Crippen LogP contribution in [0.1, 0.15) is 41.6 Å². The number of non-ortho nitro benzene ring substituents is 1. The molecule has 27 heavy (non-hydrogen) atoms. The molecule has 0 aromatic heterocycles. The summed E-state index contributed by atoms with van der Waals surface area (Å²) in [4.78, 5) is 25.9. The van der Waals surface area contributed by atoms with E-state index in [2.05, 4.69) is 10.2 Å². The molecule has 7 heteroatoms. The van der Waals surface area contributed by atoms with Gasteiger partial charge in [0.1, 0.15) is 0 Å². The van der Waals surface area contributed by atoms with Gasteiger partial charge in [0.2, 0.25) is 0 Å². The van der Waals surface area contributed by atoms with Crippen molar-refractivity contribution in [3.63, 3.8) is 0 Å². The molecule has 1 aliphatic rings. The number of benzene rings is 2. The Balaban J connectivity index is 1.97. The average molecular weight is 388 g/mol. The van der Waals surface area contributed by atoms with Crippen molar-refractivity contribution >= 4 is 34.6 Å². The van der Waals surface area contributed by atoms with Gasteiger partial charge in [-0.2, -0.15) is 0 Å².